The predicted molar refractivity (Wildman–Crippen MR) is 208 cm³/mol. The lowest BCUT2D eigenvalue weighted by molar-refractivity contribution is -0.141. The van der Waals surface area contributed by atoms with Crippen LogP contribution in [0.25, 0.3) is 0 Å². The van der Waals surface area contributed by atoms with Crippen molar-refractivity contribution in [2.24, 2.45) is 23.7 Å². The highest BCUT2D eigenvalue weighted by molar-refractivity contribution is 9.13. The van der Waals surface area contributed by atoms with Crippen molar-refractivity contribution in [3.05, 3.63) is 127 Å². The van der Waals surface area contributed by atoms with Gasteiger partial charge in [0.05, 0.1) is 40.4 Å². The topological polar surface area (TPSA) is 136 Å². The summed E-state index contributed by atoms with van der Waals surface area (Å²) in [4.78, 5) is 60.1. The standard InChI is InChI=1S/C41H33Br2ClFN3O7/c1-55-31-19-29(34(42)35(43)36(31)50)33-26-14-15-27-32(39(53)47(37(27)51)17-16-20-2-12-25(49)13-3-20)28(26)18-30-38(52)48(46-24-10-8-23(45)9-11-24)40(54)41(30,33)21-4-6-22(44)7-5-21/h2-14,19,27-28,30,32-33,46,49-50H,15-18H2,1H3/t27-,28+,30-,32-,33+,41+/m0/s1. The molecule has 2 heterocycles. The molecule has 0 aromatic heterocycles. The molecule has 0 radical (unpaired) electrons. The average molecular weight is 894 g/mol. The van der Waals surface area contributed by atoms with Gasteiger partial charge in [-0.3, -0.25) is 29.5 Å². The number of halogens is 4. The number of benzene rings is 4. The summed E-state index contributed by atoms with van der Waals surface area (Å²) in [6.45, 7) is 0.138. The van der Waals surface area contributed by atoms with Gasteiger partial charge in [0, 0.05) is 22.0 Å². The first-order valence-corrected chi connectivity index (χ1v) is 19.6. The highest BCUT2D eigenvalue weighted by Gasteiger charge is 2.70. The number of phenols is 2. The molecule has 10 nitrogen and oxygen atoms in total. The Bertz CT molecular complexity index is 2290. The van der Waals surface area contributed by atoms with Gasteiger partial charge in [-0.1, -0.05) is 47.5 Å². The number of ether oxygens (including phenoxy) is 1. The van der Waals surface area contributed by atoms with Crippen molar-refractivity contribution >= 4 is 72.8 Å². The second-order valence-corrected chi connectivity index (χ2v) is 16.3. The van der Waals surface area contributed by atoms with Gasteiger partial charge in [-0.2, -0.15) is 5.01 Å². The summed E-state index contributed by atoms with van der Waals surface area (Å²) < 4.78 is 20.2. The molecule has 4 amide bonds. The van der Waals surface area contributed by atoms with E-state index in [0.29, 0.717) is 38.3 Å². The van der Waals surface area contributed by atoms with E-state index in [1.165, 1.54) is 36.3 Å². The van der Waals surface area contributed by atoms with Crippen LogP contribution < -0.4 is 10.2 Å². The number of rotatable bonds is 8. The summed E-state index contributed by atoms with van der Waals surface area (Å²) in [5.41, 5.74) is 4.16. The van der Waals surface area contributed by atoms with Crippen LogP contribution in [-0.2, 0) is 31.0 Å². The van der Waals surface area contributed by atoms with Gasteiger partial charge in [-0.05, 0) is 128 Å². The summed E-state index contributed by atoms with van der Waals surface area (Å²) >= 11 is 13.6. The molecule has 2 aliphatic heterocycles. The number of likely N-dealkylation sites (tertiary alicyclic amines) is 1. The highest BCUT2D eigenvalue weighted by atomic mass is 79.9. The molecule has 0 bridgehead atoms. The maximum atomic E-state index is 15.4. The number of hydrogen-bond acceptors (Lipinski definition) is 8. The molecule has 6 atom stereocenters. The van der Waals surface area contributed by atoms with E-state index in [-0.39, 0.29) is 52.9 Å². The monoisotopic (exact) mass is 891 g/mol. The number of hydrazine groups is 1. The summed E-state index contributed by atoms with van der Waals surface area (Å²) in [5.74, 6) is -6.33. The zero-order valence-corrected chi connectivity index (χ0v) is 33.1. The number of allylic oxidation sites excluding steroid dienone is 2. The number of phenolic OH excluding ortho intramolecular Hbond substituents is 2. The SMILES string of the molecule is COc1cc([C@H]2C3=CC[C@@H]4C(=O)N(CCc5ccc(O)cc5)C(=O)[C@@H]4[C@@H]3C[C@H]3C(=O)N(Nc4ccc(F)cc4)C(=O)[C@@]23c2ccc(Cl)cc2)c(Br)c(Br)c1O. The van der Waals surface area contributed by atoms with E-state index in [1.54, 1.807) is 54.6 Å². The highest BCUT2D eigenvalue weighted by Crippen LogP contribution is 2.65. The number of carbonyl (C=O) groups is 4. The van der Waals surface area contributed by atoms with E-state index in [9.17, 15) is 29.0 Å². The number of fused-ring (bicyclic) bond motifs is 4. The van der Waals surface area contributed by atoms with Crippen molar-refractivity contribution in [2.75, 3.05) is 19.1 Å². The van der Waals surface area contributed by atoms with Crippen molar-refractivity contribution in [1.82, 2.24) is 9.91 Å². The Morgan fingerprint density at radius 1 is 0.909 bits per heavy atom. The van der Waals surface area contributed by atoms with E-state index in [0.717, 1.165) is 10.6 Å². The number of nitrogens with zero attached hydrogens (tertiary/aromatic N) is 2. The molecule has 1 saturated carbocycles. The molecule has 8 rings (SSSR count). The van der Waals surface area contributed by atoms with E-state index in [1.807, 2.05) is 6.08 Å². The summed E-state index contributed by atoms with van der Waals surface area (Å²) in [6, 6.07) is 20.2. The molecule has 4 aromatic rings. The van der Waals surface area contributed by atoms with Gasteiger partial charge < -0.3 is 14.9 Å². The third-order valence-corrected chi connectivity index (χ3v) is 14.0. The van der Waals surface area contributed by atoms with Crippen LogP contribution in [0.4, 0.5) is 10.1 Å². The molecular weight excluding hydrogens is 861 g/mol. The Kier molecular flexibility index (Phi) is 9.54. The number of methoxy groups -OCH3 is 1. The Balaban J connectivity index is 1.30. The van der Waals surface area contributed by atoms with Crippen LogP contribution in [0, 0.1) is 29.5 Å². The molecule has 2 saturated heterocycles. The Morgan fingerprint density at radius 3 is 2.27 bits per heavy atom. The zero-order chi connectivity index (χ0) is 38.9. The second kappa shape index (κ2) is 14.1. The molecule has 0 spiro atoms. The number of aromatic hydroxyl groups is 2. The first-order valence-electron chi connectivity index (χ1n) is 17.6. The minimum atomic E-state index is -1.63. The Hall–Kier alpha value is -4.72. The molecule has 282 valence electrons. The maximum absolute atomic E-state index is 15.4. The average Bonchev–Trinajstić information content (AvgIpc) is 3.55. The van der Waals surface area contributed by atoms with Gasteiger partial charge >= 0.3 is 0 Å². The van der Waals surface area contributed by atoms with E-state index in [4.69, 9.17) is 16.3 Å². The number of anilines is 1. The van der Waals surface area contributed by atoms with Crippen LogP contribution in [0.1, 0.15) is 35.4 Å². The van der Waals surface area contributed by atoms with Crippen molar-refractivity contribution in [1.29, 1.82) is 0 Å². The Morgan fingerprint density at radius 2 is 1.60 bits per heavy atom. The minimum Gasteiger partial charge on any atom is -0.508 e. The number of nitrogens with one attached hydrogen (secondary N) is 1. The van der Waals surface area contributed by atoms with Gasteiger partial charge in [0.2, 0.25) is 11.8 Å². The minimum absolute atomic E-state index is 0.0666. The second-order valence-electron chi connectivity index (χ2n) is 14.3. The van der Waals surface area contributed by atoms with Gasteiger partial charge in [0.15, 0.2) is 11.5 Å². The first-order chi connectivity index (χ1) is 26.4. The molecule has 3 fully saturated rings. The normalized spacial score (nSPS) is 25.8. The smallest absolute Gasteiger partial charge is 0.260 e. The molecule has 3 N–H and O–H groups in total. The van der Waals surface area contributed by atoms with Crippen LogP contribution in [0.2, 0.25) is 5.02 Å². The molecular formula is C41H33Br2ClFN3O7. The molecule has 4 aromatic carbocycles. The maximum Gasteiger partial charge on any atom is 0.260 e. The summed E-state index contributed by atoms with van der Waals surface area (Å²) in [5, 5.41) is 22.1. The fourth-order valence-corrected chi connectivity index (χ4v) is 10.2. The first kappa shape index (κ1) is 37.2. The predicted octanol–water partition coefficient (Wildman–Crippen LogP) is 7.65. The number of carbonyl (C=O) groups excluding carboxylic acids is 4. The van der Waals surface area contributed by atoms with Crippen molar-refractivity contribution < 1.29 is 38.5 Å². The van der Waals surface area contributed by atoms with Crippen LogP contribution in [0.15, 0.2) is 99.5 Å². The summed E-state index contributed by atoms with van der Waals surface area (Å²) in [6.07, 6.45) is 2.62. The largest absolute Gasteiger partial charge is 0.508 e. The Labute approximate surface area is 337 Å². The fraction of sp³-hybridized carbons (Fsp3) is 0.268. The van der Waals surface area contributed by atoms with Crippen LogP contribution >= 0.6 is 43.5 Å². The lowest BCUT2D eigenvalue weighted by Gasteiger charge is -2.51. The van der Waals surface area contributed by atoms with Gasteiger partial charge in [-0.25, -0.2) is 4.39 Å². The van der Waals surface area contributed by atoms with Crippen molar-refractivity contribution in [2.45, 2.75) is 30.6 Å². The van der Waals surface area contributed by atoms with Crippen LogP contribution in [-0.4, -0.2) is 57.4 Å². The quantitative estimate of drug-likeness (QED) is 0.121. The van der Waals surface area contributed by atoms with E-state index in [2.05, 4.69) is 37.3 Å². The fourth-order valence-electron chi connectivity index (χ4n) is 9.17. The van der Waals surface area contributed by atoms with Crippen molar-refractivity contribution in [3.63, 3.8) is 0 Å². The van der Waals surface area contributed by atoms with Crippen LogP contribution in [0.3, 0.4) is 0 Å². The third kappa shape index (κ3) is 5.85. The lowest BCUT2D eigenvalue weighted by atomic mass is 9.49. The molecule has 0 unspecified atom stereocenters. The van der Waals surface area contributed by atoms with Gasteiger partial charge in [-0.15, -0.1) is 0 Å². The summed E-state index contributed by atoms with van der Waals surface area (Å²) in [7, 11) is 1.40. The molecule has 14 heteroatoms. The molecule has 55 heavy (non-hydrogen) atoms. The van der Waals surface area contributed by atoms with E-state index >= 15 is 4.79 Å². The molecule has 2 aliphatic carbocycles. The zero-order valence-electron chi connectivity index (χ0n) is 29.1. The number of imide groups is 2. The van der Waals surface area contributed by atoms with Crippen LogP contribution in [0.5, 0.6) is 17.2 Å². The number of hydrogen-bond donors (Lipinski definition) is 3. The number of amides is 4. The van der Waals surface area contributed by atoms with Crippen molar-refractivity contribution in [3.8, 4) is 17.2 Å². The lowest BCUT2D eigenvalue weighted by Crippen LogP contribution is -2.53. The van der Waals surface area contributed by atoms with Gasteiger partial charge in [0.25, 0.3) is 11.8 Å². The third-order valence-electron chi connectivity index (χ3n) is 11.6. The molecule has 4 aliphatic rings. The van der Waals surface area contributed by atoms with Gasteiger partial charge in [0.1, 0.15) is 11.6 Å². The van der Waals surface area contributed by atoms with E-state index < -0.39 is 52.6 Å².